The molecule has 2 aliphatic heterocycles. The van der Waals surface area contributed by atoms with Gasteiger partial charge in [-0.05, 0) is 52.6 Å². The third kappa shape index (κ3) is 4.52. The van der Waals surface area contributed by atoms with Crippen LogP contribution in [0.3, 0.4) is 0 Å². The fourth-order valence-corrected chi connectivity index (χ4v) is 5.64. The van der Waals surface area contributed by atoms with Crippen LogP contribution < -0.4 is 5.32 Å². The van der Waals surface area contributed by atoms with Crippen LogP contribution in [0.2, 0.25) is 0 Å². The summed E-state index contributed by atoms with van der Waals surface area (Å²) >= 11 is 0. The van der Waals surface area contributed by atoms with Crippen molar-refractivity contribution in [3.05, 3.63) is 11.9 Å². The van der Waals surface area contributed by atoms with Crippen molar-refractivity contribution in [1.29, 1.82) is 0 Å². The molecule has 0 saturated carbocycles. The SMILES string of the molecule is Cc1c(S(=O)(=O)N2CCC(C(=O)N[C@@H](C)CN3CCCC3)CC2)cnn1C. The van der Waals surface area contributed by atoms with Crippen LogP contribution in [0, 0.1) is 12.8 Å². The van der Waals surface area contributed by atoms with E-state index >= 15 is 0 Å². The lowest BCUT2D eigenvalue weighted by Crippen LogP contribution is -2.47. The Morgan fingerprint density at radius 2 is 1.89 bits per heavy atom. The molecule has 3 heterocycles. The molecule has 27 heavy (non-hydrogen) atoms. The first kappa shape index (κ1) is 20.3. The van der Waals surface area contributed by atoms with E-state index in [1.165, 1.54) is 23.3 Å². The molecule has 0 bridgehead atoms. The van der Waals surface area contributed by atoms with E-state index < -0.39 is 10.0 Å². The van der Waals surface area contributed by atoms with Crippen molar-refractivity contribution in [2.24, 2.45) is 13.0 Å². The summed E-state index contributed by atoms with van der Waals surface area (Å²) in [6.45, 7) is 7.65. The highest BCUT2D eigenvalue weighted by Gasteiger charge is 2.34. The van der Waals surface area contributed by atoms with Crippen molar-refractivity contribution < 1.29 is 13.2 Å². The minimum atomic E-state index is -3.55. The third-order valence-corrected chi connectivity index (χ3v) is 7.75. The first-order valence-electron chi connectivity index (χ1n) is 9.80. The summed E-state index contributed by atoms with van der Waals surface area (Å²) in [4.78, 5) is 15.2. The highest BCUT2D eigenvalue weighted by Crippen LogP contribution is 2.25. The van der Waals surface area contributed by atoms with Crippen LogP contribution in [-0.2, 0) is 21.9 Å². The van der Waals surface area contributed by atoms with Gasteiger partial charge in [0.2, 0.25) is 15.9 Å². The van der Waals surface area contributed by atoms with Gasteiger partial charge in [-0.15, -0.1) is 0 Å². The predicted molar refractivity (Wildman–Crippen MR) is 103 cm³/mol. The second-order valence-corrected chi connectivity index (χ2v) is 9.72. The molecular formula is C18H31N5O3S. The molecule has 9 heteroatoms. The number of aryl methyl sites for hydroxylation is 1. The van der Waals surface area contributed by atoms with Gasteiger partial charge >= 0.3 is 0 Å². The number of hydrogen-bond donors (Lipinski definition) is 1. The highest BCUT2D eigenvalue weighted by molar-refractivity contribution is 7.89. The lowest BCUT2D eigenvalue weighted by molar-refractivity contribution is -0.126. The van der Waals surface area contributed by atoms with Crippen LogP contribution >= 0.6 is 0 Å². The van der Waals surface area contributed by atoms with Gasteiger partial charge in [-0.3, -0.25) is 9.48 Å². The summed E-state index contributed by atoms with van der Waals surface area (Å²) in [6.07, 6.45) is 5.00. The first-order valence-corrected chi connectivity index (χ1v) is 11.2. The second kappa shape index (κ2) is 8.28. The zero-order valence-electron chi connectivity index (χ0n) is 16.5. The summed E-state index contributed by atoms with van der Waals surface area (Å²) in [5.74, 6) is -0.0659. The molecule has 8 nitrogen and oxygen atoms in total. The van der Waals surface area contributed by atoms with Gasteiger partial charge in [0.05, 0.1) is 11.9 Å². The molecule has 2 saturated heterocycles. The molecule has 0 unspecified atom stereocenters. The number of amides is 1. The van der Waals surface area contributed by atoms with Crippen LogP contribution in [0.1, 0.15) is 38.3 Å². The molecule has 0 spiro atoms. The molecule has 1 atom stereocenters. The van der Waals surface area contributed by atoms with E-state index in [-0.39, 0.29) is 22.8 Å². The fourth-order valence-electron chi connectivity index (χ4n) is 3.99. The van der Waals surface area contributed by atoms with Crippen molar-refractivity contribution in [2.45, 2.75) is 50.5 Å². The number of nitrogens with one attached hydrogen (secondary N) is 1. The zero-order chi connectivity index (χ0) is 19.6. The Bertz CT molecular complexity index is 762. The van der Waals surface area contributed by atoms with Gasteiger partial charge in [0.25, 0.3) is 0 Å². The van der Waals surface area contributed by atoms with Crippen LogP contribution in [0.25, 0.3) is 0 Å². The Kier molecular flexibility index (Phi) is 6.22. The minimum absolute atomic E-state index is 0.0521. The van der Waals surface area contributed by atoms with Gasteiger partial charge in [0, 0.05) is 38.6 Å². The third-order valence-electron chi connectivity index (χ3n) is 5.75. The predicted octanol–water partition coefficient (Wildman–Crippen LogP) is 0.730. The van der Waals surface area contributed by atoms with E-state index in [1.807, 2.05) is 6.92 Å². The lowest BCUT2D eigenvalue weighted by Gasteiger charge is -2.31. The highest BCUT2D eigenvalue weighted by atomic mass is 32.2. The summed E-state index contributed by atoms with van der Waals surface area (Å²) < 4.78 is 28.7. The molecule has 1 amide bonds. The minimum Gasteiger partial charge on any atom is -0.352 e. The number of rotatable bonds is 6. The van der Waals surface area contributed by atoms with E-state index in [0.717, 1.165) is 19.6 Å². The van der Waals surface area contributed by atoms with Gasteiger partial charge in [-0.1, -0.05) is 0 Å². The summed E-state index contributed by atoms with van der Waals surface area (Å²) in [5.41, 5.74) is 0.630. The smallest absolute Gasteiger partial charge is 0.246 e. The molecule has 0 radical (unpaired) electrons. The number of carbonyl (C=O) groups is 1. The van der Waals surface area contributed by atoms with Gasteiger partial charge in [-0.25, -0.2) is 8.42 Å². The Labute approximate surface area is 161 Å². The maximum absolute atomic E-state index is 12.8. The quantitative estimate of drug-likeness (QED) is 0.765. The van der Waals surface area contributed by atoms with Crippen molar-refractivity contribution in [3.63, 3.8) is 0 Å². The average molecular weight is 398 g/mol. The molecule has 2 aliphatic rings. The number of nitrogens with zero attached hydrogens (tertiary/aromatic N) is 4. The Morgan fingerprint density at radius 1 is 1.26 bits per heavy atom. The Balaban J connectivity index is 1.52. The molecule has 152 valence electrons. The van der Waals surface area contributed by atoms with E-state index in [4.69, 9.17) is 0 Å². The number of piperidine rings is 1. The van der Waals surface area contributed by atoms with Gasteiger partial charge in [0.1, 0.15) is 4.90 Å². The van der Waals surface area contributed by atoms with Crippen molar-refractivity contribution >= 4 is 15.9 Å². The summed E-state index contributed by atoms with van der Waals surface area (Å²) in [5, 5.41) is 7.15. The number of carbonyl (C=O) groups excluding carboxylic acids is 1. The van der Waals surface area contributed by atoms with Gasteiger partial charge in [0.15, 0.2) is 0 Å². The van der Waals surface area contributed by atoms with E-state index in [0.29, 0.717) is 31.6 Å². The van der Waals surface area contributed by atoms with E-state index in [1.54, 1.807) is 18.7 Å². The molecule has 2 fully saturated rings. The van der Waals surface area contributed by atoms with Gasteiger partial charge < -0.3 is 10.2 Å². The average Bonchev–Trinajstić information content (AvgIpc) is 3.25. The Hall–Kier alpha value is -1.45. The maximum atomic E-state index is 12.8. The van der Waals surface area contributed by atoms with Crippen LogP contribution in [0.15, 0.2) is 11.1 Å². The fraction of sp³-hybridized carbons (Fsp3) is 0.778. The number of aromatic nitrogens is 2. The zero-order valence-corrected chi connectivity index (χ0v) is 17.3. The molecule has 0 aliphatic carbocycles. The Morgan fingerprint density at radius 3 is 2.44 bits per heavy atom. The van der Waals surface area contributed by atoms with E-state index in [2.05, 4.69) is 15.3 Å². The van der Waals surface area contributed by atoms with Crippen LogP contribution in [0.4, 0.5) is 0 Å². The van der Waals surface area contributed by atoms with Crippen molar-refractivity contribution in [3.8, 4) is 0 Å². The summed E-state index contributed by atoms with van der Waals surface area (Å²) in [6, 6.07) is 0.121. The molecule has 3 rings (SSSR count). The number of likely N-dealkylation sites (tertiary alicyclic amines) is 1. The van der Waals surface area contributed by atoms with Crippen molar-refractivity contribution in [1.82, 2.24) is 24.3 Å². The molecule has 1 aromatic heterocycles. The normalized spacial score (nSPS) is 21.4. The number of sulfonamides is 1. The standard InChI is InChI=1S/C18H31N5O3S/c1-14(13-22-8-4-5-9-22)20-18(24)16-6-10-23(11-7-16)27(25,26)17-12-19-21(3)15(17)2/h12,14,16H,4-11,13H2,1-3H3,(H,20,24)/t14-/m0/s1. The van der Waals surface area contributed by atoms with Crippen LogP contribution in [0.5, 0.6) is 0 Å². The monoisotopic (exact) mass is 397 g/mol. The largest absolute Gasteiger partial charge is 0.352 e. The maximum Gasteiger partial charge on any atom is 0.246 e. The molecular weight excluding hydrogens is 366 g/mol. The van der Waals surface area contributed by atoms with E-state index in [9.17, 15) is 13.2 Å². The second-order valence-electron chi connectivity index (χ2n) is 7.81. The van der Waals surface area contributed by atoms with Crippen molar-refractivity contribution in [2.75, 3.05) is 32.7 Å². The number of hydrogen-bond acceptors (Lipinski definition) is 5. The lowest BCUT2D eigenvalue weighted by atomic mass is 9.97. The van der Waals surface area contributed by atoms with Gasteiger partial charge in [-0.2, -0.15) is 9.40 Å². The molecule has 1 aromatic rings. The molecule has 0 aromatic carbocycles. The summed E-state index contributed by atoms with van der Waals surface area (Å²) in [7, 11) is -1.82. The first-order chi connectivity index (χ1) is 12.8. The molecule has 1 N–H and O–H groups in total. The topological polar surface area (TPSA) is 87.5 Å². The van der Waals surface area contributed by atoms with Crippen LogP contribution in [-0.4, -0.2) is 72.1 Å².